The minimum Gasteiger partial charge on any atom is -0.352 e. The molecule has 3 rings (SSSR count). The summed E-state index contributed by atoms with van der Waals surface area (Å²) in [5.41, 5.74) is 1.91. The molecule has 0 spiro atoms. The quantitative estimate of drug-likeness (QED) is 0.902. The number of benzene rings is 1. The number of aromatic nitrogens is 3. The Bertz CT molecular complexity index is 676. The molecule has 2 aromatic rings. The van der Waals surface area contributed by atoms with Crippen LogP contribution < -0.4 is 10.2 Å². The smallest absolute Gasteiger partial charge is 0.249 e. The van der Waals surface area contributed by atoms with Crippen LogP contribution in [0.2, 0.25) is 5.02 Å². The van der Waals surface area contributed by atoms with Crippen molar-refractivity contribution in [3.05, 3.63) is 35.0 Å². The molecular weight excluding hydrogens is 310 g/mol. The van der Waals surface area contributed by atoms with Gasteiger partial charge >= 0.3 is 0 Å². The van der Waals surface area contributed by atoms with Crippen LogP contribution in [0.25, 0.3) is 0 Å². The Morgan fingerprint density at radius 1 is 1.35 bits per heavy atom. The molecule has 122 valence electrons. The molecule has 0 radical (unpaired) electrons. The number of nitrogens with zero attached hydrogens (tertiary/aromatic N) is 4. The predicted octanol–water partition coefficient (Wildman–Crippen LogP) is 4.35. The van der Waals surface area contributed by atoms with Crippen molar-refractivity contribution in [3.8, 4) is 0 Å². The van der Waals surface area contributed by atoms with Gasteiger partial charge in [-0.2, -0.15) is 10.1 Å². The van der Waals surface area contributed by atoms with E-state index in [1.807, 2.05) is 25.1 Å². The van der Waals surface area contributed by atoms with Gasteiger partial charge in [-0.3, -0.25) is 0 Å². The molecule has 5 nitrogen and oxygen atoms in total. The summed E-state index contributed by atoms with van der Waals surface area (Å²) >= 11 is 6.17. The van der Waals surface area contributed by atoms with Crippen LogP contribution in [-0.2, 0) is 0 Å². The van der Waals surface area contributed by atoms with E-state index >= 15 is 0 Å². The van der Waals surface area contributed by atoms with Crippen molar-refractivity contribution in [2.45, 2.75) is 45.6 Å². The molecule has 1 fully saturated rings. The van der Waals surface area contributed by atoms with Gasteiger partial charge in [-0.25, -0.2) is 0 Å². The lowest BCUT2D eigenvalue weighted by atomic mass is 10.0. The minimum atomic E-state index is 0.503. The van der Waals surface area contributed by atoms with Crippen molar-refractivity contribution in [1.29, 1.82) is 0 Å². The van der Waals surface area contributed by atoms with Crippen molar-refractivity contribution in [3.63, 3.8) is 0 Å². The van der Waals surface area contributed by atoms with Crippen molar-refractivity contribution in [2.24, 2.45) is 0 Å². The SMILES string of the molecule is CCC1CCCCN1c1cnnc(Nc2ccc(C)c(Cl)c2)n1. The second-order valence-corrected chi connectivity index (χ2v) is 6.39. The fourth-order valence-electron chi connectivity index (χ4n) is 3.01. The molecule has 23 heavy (non-hydrogen) atoms. The van der Waals surface area contributed by atoms with Crippen LogP contribution in [0.5, 0.6) is 0 Å². The number of halogens is 1. The van der Waals surface area contributed by atoms with Crippen LogP contribution >= 0.6 is 11.6 Å². The van der Waals surface area contributed by atoms with E-state index in [1.165, 1.54) is 19.3 Å². The molecule has 1 unspecified atom stereocenters. The first-order chi connectivity index (χ1) is 11.2. The first-order valence-electron chi connectivity index (χ1n) is 8.17. The van der Waals surface area contributed by atoms with E-state index in [-0.39, 0.29) is 0 Å². The van der Waals surface area contributed by atoms with Crippen LogP contribution in [0, 0.1) is 6.92 Å². The molecule has 1 N–H and O–H groups in total. The second-order valence-electron chi connectivity index (χ2n) is 5.98. The third-order valence-corrected chi connectivity index (χ3v) is 4.77. The van der Waals surface area contributed by atoms with Crippen molar-refractivity contribution in [1.82, 2.24) is 15.2 Å². The molecule has 0 amide bonds. The van der Waals surface area contributed by atoms with Gasteiger partial charge < -0.3 is 10.2 Å². The molecule has 1 aromatic heterocycles. The van der Waals surface area contributed by atoms with Gasteiger partial charge in [0.25, 0.3) is 0 Å². The standard InChI is InChI=1S/C17H22ClN5/c1-3-14-6-4-5-9-23(14)16-11-19-22-17(21-16)20-13-8-7-12(2)15(18)10-13/h7-8,10-11,14H,3-6,9H2,1-2H3,(H,20,21,22). The van der Waals surface area contributed by atoms with E-state index in [2.05, 4.69) is 32.3 Å². The first kappa shape index (κ1) is 16.0. The van der Waals surface area contributed by atoms with E-state index in [9.17, 15) is 0 Å². The van der Waals surface area contributed by atoms with Gasteiger partial charge in [0.05, 0.1) is 6.20 Å². The third-order valence-electron chi connectivity index (χ3n) is 4.37. The third kappa shape index (κ3) is 3.72. The molecule has 1 aromatic carbocycles. The van der Waals surface area contributed by atoms with Crippen LogP contribution in [0.3, 0.4) is 0 Å². The zero-order valence-corrected chi connectivity index (χ0v) is 14.3. The molecular formula is C17H22ClN5. The molecule has 0 saturated carbocycles. The van der Waals surface area contributed by atoms with Gasteiger partial charge in [0, 0.05) is 23.3 Å². The van der Waals surface area contributed by atoms with Crippen LogP contribution in [0.15, 0.2) is 24.4 Å². The van der Waals surface area contributed by atoms with Crippen LogP contribution in [0.4, 0.5) is 17.5 Å². The lowest BCUT2D eigenvalue weighted by molar-refractivity contribution is 0.446. The van der Waals surface area contributed by atoms with Gasteiger partial charge in [-0.15, -0.1) is 5.10 Å². The van der Waals surface area contributed by atoms with Gasteiger partial charge in [0.2, 0.25) is 5.95 Å². The van der Waals surface area contributed by atoms with Gasteiger partial charge in [-0.1, -0.05) is 24.6 Å². The highest BCUT2D eigenvalue weighted by Gasteiger charge is 2.22. The summed E-state index contributed by atoms with van der Waals surface area (Å²) in [5.74, 6) is 1.40. The molecule has 1 aliphatic rings. The normalized spacial score (nSPS) is 18.0. The summed E-state index contributed by atoms with van der Waals surface area (Å²) in [5, 5.41) is 12.1. The van der Waals surface area contributed by atoms with E-state index in [0.717, 1.165) is 35.1 Å². The molecule has 0 bridgehead atoms. The summed E-state index contributed by atoms with van der Waals surface area (Å²) in [6, 6.07) is 6.36. The van der Waals surface area contributed by atoms with E-state index in [1.54, 1.807) is 6.20 Å². The van der Waals surface area contributed by atoms with Crippen molar-refractivity contribution in [2.75, 3.05) is 16.8 Å². The lowest BCUT2D eigenvalue weighted by Crippen LogP contribution is -2.39. The highest BCUT2D eigenvalue weighted by atomic mass is 35.5. The molecule has 0 aliphatic carbocycles. The number of hydrogen-bond acceptors (Lipinski definition) is 5. The summed E-state index contributed by atoms with van der Waals surface area (Å²) < 4.78 is 0. The van der Waals surface area contributed by atoms with E-state index in [0.29, 0.717) is 12.0 Å². The first-order valence-corrected chi connectivity index (χ1v) is 8.54. The highest BCUT2D eigenvalue weighted by molar-refractivity contribution is 6.31. The average Bonchev–Trinajstić information content (AvgIpc) is 2.58. The van der Waals surface area contributed by atoms with Crippen molar-refractivity contribution < 1.29 is 0 Å². The van der Waals surface area contributed by atoms with E-state index < -0.39 is 0 Å². The fourth-order valence-corrected chi connectivity index (χ4v) is 3.19. The molecule has 1 aliphatic heterocycles. The van der Waals surface area contributed by atoms with Crippen LogP contribution in [-0.4, -0.2) is 27.8 Å². The van der Waals surface area contributed by atoms with Gasteiger partial charge in [0.1, 0.15) is 0 Å². The highest BCUT2D eigenvalue weighted by Crippen LogP contribution is 2.26. The average molecular weight is 332 g/mol. The fraction of sp³-hybridized carbons (Fsp3) is 0.471. The molecule has 1 saturated heterocycles. The maximum Gasteiger partial charge on any atom is 0.249 e. The summed E-state index contributed by atoms with van der Waals surface area (Å²) in [6.45, 7) is 5.24. The van der Waals surface area contributed by atoms with Gasteiger partial charge in [0.15, 0.2) is 5.82 Å². The van der Waals surface area contributed by atoms with Gasteiger partial charge in [-0.05, 0) is 50.3 Å². The Balaban J connectivity index is 1.80. The summed E-state index contributed by atoms with van der Waals surface area (Å²) in [7, 11) is 0. The second kappa shape index (κ2) is 7.13. The van der Waals surface area contributed by atoms with Crippen molar-refractivity contribution >= 4 is 29.1 Å². The molecule has 1 atom stereocenters. The maximum atomic E-state index is 6.17. The number of aryl methyl sites for hydroxylation is 1. The summed E-state index contributed by atoms with van der Waals surface area (Å²) in [6.07, 6.45) is 6.59. The Hall–Kier alpha value is -1.88. The summed E-state index contributed by atoms with van der Waals surface area (Å²) in [4.78, 5) is 6.99. The number of hydrogen-bond donors (Lipinski definition) is 1. The largest absolute Gasteiger partial charge is 0.352 e. The maximum absolute atomic E-state index is 6.17. The Morgan fingerprint density at radius 3 is 3.00 bits per heavy atom. The topological polar surface area (TPSA) is 53.9 Å². The lowest BCUT2D eigenvalue weighted by Gasteiger charge is -2.35. The number of piperidine rings is 1. The zero-order valence-electron chi connectivity index (χ0n) is 13.6. The number of rotatable bonds is 4. The Labute approximate surface area is 142 Å². The number of nitrogens with one attached hydrogen (secondary N) is 1. The Kier molecular flexibility index (Phi) is 4.96. The minimum absolute atomic E-state index is 0.503. The molecule has 2 heterocycles. The predicted molar refractivity (Wildman–Crippen MR) is 94.6 cm³/mol. The molecule has 6 heteroatoms. The number of anilines is 3. The zero-order chi connectivity index (χ0) is 16.2. The van der Waals surface area contributed by atoms with E-state index in [4.69, 9.17) is 11.6 Å². The Morgan fingerprint density at radius 2 is 2.22 bits per heavy atom. The van der Waals surface area contributed by atoms with Crippen LogP contribution in [0.1, 0.15) is 38.2 Å². The monoisotopic (exact) mass is 331 g/mol.